The molecule has 3 saturated heterocycles. The van der Waals surface area contributed by atoms with Crippen molar-refractivity contribution in [1.82, 2.24) is 0 Å². The second-order valence-electron chi connectivity index (χ2n) is 9.30. The lowest BCUT2D eigenvalue weighted by Crippen LogP contribution is -3.00. The molecule has 2 aromatic carbocycles. The van der Waals surface area contributed by atoms with Gasteiger partial charge in [-0.3, -0.25) is 0 Å². The topological polar surface area (TPSA) is 59.1 Å². The molecule has 4 unspecified atom stereocenters. The third-order valence-corrected chi connectivity index (χ3v) is 7.28. The Morgan fingerprint density at radius 3 is 1.82 bits per heavy atom. The predicted octanol–water partition coefficient (Wildman–Crippen LogP) is -0.217. The molecule has 3 heterocycles. The van der Waals surface area contributed by atoms with Crippen molar-refractivity contribution in [2.75, 3.05) is 14.1 Å². The van der Waals surface area contributed by atoms with E-state index >= 15 is 0 Å². The molecule has 10 heteroatoms. The van der Waals surface area contributed by atoms with Crippen molar-refractivity contribution in [3.05, 3.63) is 70.8 Å². The number of aliphatic hydroxyl groups is 1. The summed E-state index contributed by atoms with van der Waals surface area (Å²) in [5.41, 5.74) is -3.37. The highest BCUT2D eigenvalue weighted by atomic mass is 79.9. The molecule has 0 spiro atoms. The van der Waals surface area contributed by atoms with Crippen molar-refractivity contribution in [1.29, 1.82) is 0 Å². The van der Waals surface area contributed by atoms with Crippen LogP contribution in [0.25, 0.3) is 0 Å². The number of hydrogen-bond donors (Lipinski definition) is 1. The number of halogens is 5. The van der Waals surface area contributed by atoms with Crippen LogP contribution in [0.2, 0.25) is 0 Å². The van der Waals surface area contributed by atoms with Gasteiger partial charge < -0.3 is 36.0 Å². The summed E-state index contributed by atoms with van der Waals surface area (Å²) in [6, 6.07) is 5.04. The maximum atomic E-state index is 13.9. The maximum absolute atomic E-state index is 13.9. The van der Waals surface area contributed by atoms with E-state index in [1.54, 1.807) is 0 Å². The molecular weight excluding hydrogens is 510 g/mol. The van der Waals surface area contributed by atoms with E-state index in [-0.39, 0.29) is 52.4 Å². The number of nitrogens with zero attached hydrogens (tertiary/aromatic N) is 1. The first-order valence-electron chi connectivity index (χ1n) is 10.4. The van der Waals surface area contributed by atoms with Gasteiger partial charge in [-0.05, 0) is 24.3 Å². The average molecular weight is 532 g/mol. The summed E-state index contributed by atoms with van der Waals surface area (Å²) < 4.78 is 67.0. The first kappa shape index (κ1) is 24.1. The minimum atomic E-state index is -2.66. The van der Waals surface area contributed by atoms with E-state index in [0.717, 1.165) is 28.7 Å². The molecular formula is C23H22BrF4NO4. The van der Waals surface area contributed by atoms with Gasteiger partial charge in [0.25, 0.3) is 0 Å². The van der Waals surface area contributed by atoms with Gasteiger partial charge >= 0.3 is 5.97 Å². The largest absolute Gasteiger partial charge is 1.00 e. The summed E-state index contributed by atoms with van der Waals surface area (Å²) >= 11 is 0. The van der Waals surface area contributed by atoms with Gasteiger partial charge in [0.15, 0.2) is 23.3 Å². The fourth-order valence-electron chi connectivity index (χ4n) is 5.38. The van der Waals surface area contributed by atoms with Crippen LogP contribution in [0.4, 0.5) is 17.6 Å². The van der Waals surface area contributed by atoms with Gasteiger partial charge in [0.05, 0.1) is 14.1 Å². The molecule has 3 fully saturated rings. The third-order valence-electron chi connectivity index (χ3n) is 7.28. The Kier molecular flexibility index (Phi) is 5.88. The van der Waals surface area contributed by atoms with Crippen LogP contribution in [0.5, 0.6) is 0 Å². The lowest BCUT2D eigenvalue weighted by atomic mass is 9.85. The van der Waals surface area contributed by atoms with Crippen molar-refractivity contribution in [3.8, 4) is 0 Å². The number of esters is 1. The Morgan fingerprint density at radius 1 is 0.939 bits per heavy atom. The number of benzene rings is 2. The van der Waals surface area contributed by atoms with Gasteiger partial charge in [-0.15, -0.1) is 0 Å². The zero-order chi connectivity index (χ0) is 23.0. The second-order valence-corrected chi connectivity index (χ2v) is 9.30. The number of likely N-dealkylation sites (N-methyl/N-ethyl adjacent to an activating group) is 1. The summed E-state index contributed by atoms with van der Waals surface area (Å²) in [4.78, 5) is 13.3. The molecule has 2 bridgehead atoms. The predicted molar refractivity (Wildman–Crippen MR) is 103 cm³/mol. The molecule has 5 nitrogen and oxygen atoms in total. The molecule has 0 saturated carbocycles. The summed E-state index contributed by atoms with van der Waals surface area (Å²) in [5.74, 6) is -6.14. The minimum Gasteiger partial charge on any atom is -1.00 e. The van der Waals surface area contributed by atoms with E-state index < -0.39 is 40.9 Å². The van der Waals surface area contributed by atoms with Crippen molar-refractivity contribution in [3.63, 3.8) is 0 Å². The highest BCUT2D eigenvalue weighted by Crippen LogP contribution is 2.52. The monoisotopic (exact) mass is 531 g/mol. The fourth-order valence-corrected chi connectivity index (χ4v) is 5.38. The summed E-state index contributed by atoms with van der Waals surface area (Å²) in [5, 5.41) is 11.4. The Bertz CT molecular complexity index is 1040. The number of quaternary nitrogens is 1. The first-order chi connectivity index (χ1) is 15.0. The fraction of sp³-hybridized carbons (Fsp3) is 0.435. The van der Waals surface area contributed by atoms with Gasteiger partial charge in [0, 0.05) is 24.0 Å². The number of hydrogen-bond acceptors (Lipinski definition) is 4. The molecule has 0 radical (unpaired) electrons. The Hall–Kier alpha value is -2.01. The zero-order valence-corrected chi connectivity index (χ0v) is 19.4. The second kappa shape index (κ2) is 8.04. The van der Waals surface area contributed by atoms with Crippen LogP contribution in [0, 0.1) is 23.3 Å². The standard InChI is InChI=1S/C23H22F4NO4.BrH/c1-28(2)18-9-13(10-19(28)21-20(18)32-21)31-22(29)23(30,11-3-5-14(24)16(26)7-11)12-4-6-15(25)17(27)8-12;/h3-8,13,18-21,30H,9-10H2,1-2H3;1H/q+1;/p-1. The van der Waals surface area contributed by atoms with Crippen LogP contribution in [-0.4, -0.2) is 60.0 Å². The molecule has 178 valence electrons. The van der Waals surface area contributed by atoms with Gasteiger partial charge in [0.2, 0.25) is 5.60 Å². The molecule has 5 rings (SSSR count). The quantitative estimate of drug-likeness (QED) is 0.256. The van der Waals surface area contributed by atoms with E-state index in [2.05, 4.69) is 14.1 Å². The highest BCUT2D eigenvalue weighted by molar-refractivity contribution is 5.85. The Morgan fingerprint density at radius 2 is 1.39 bits per heavy atom. The lowest BCUT2D eigenvalue weighted by Gasteiger charge is -2.45. The van der Waals surface area contributed by atoms with Crippen LogP contribution >= 0.6 is 0 Å². The van der Waals surface area contributed by atoms with Crippen molar-refractivity contribution in [2.45, 2.75) is 48.8 Å². The number of epoxide rings is 1. The van der Waals surface area contributed by atoms with Crippen molar-refractivity contribution >= 4 is 5.97 Å². The lowest BCUT2D eigenvalue weighted by molar-refractivity contribution is -0.938. The molecule has 0 aromatic heterocycles. The highest BCUT2D eigenvalue weighted by Gasteiger charge is 2.71. The van der Waals surface area contributed by atoms with Crippen LogP contribution < -0.4 is 17.0 Å². The normalized spacial score (nSPS) is 29.1. The molecule has 0 amide bonds. The number of morpholine rings is 1. The van der Waals surface area contributed by atoms with Gasteiger partial charge in [-0.25, -0.2) is 22.4 Å². The number of fused-ring (bicyclic) bond motifs is 5. The summed E-state index contributed by atoms with van der Waals surface area (Å²) in [6.45, 7) is 0. The molecule has 1 N–H and O–H groups in total. The van der Waals surface area contributed by atoms with Gasteiger partial charge in [0.1, 0.15) is 30.4 Å². The minimum absolute atomic E-state index is 0. The Labute approximate surface area is 198 Å². The molecule has 2 aromatic rings. The molecule has 0 aliphatic carbocycles. The Balaban J connectivity index is 0.00000259. The first-order valence-corrected chi connectivity index (χ1v) is 10.4. The number of rotatable bonds is 4. The number of carbonyl (C=O) groups is 1. The van der Waals surface area contributed by atoms with E-state index in [1.165, 1.54) is 0 Å². The third kappa shape index (κ3) is 3.67. The van der Waals surface area contributed by atoms with E-state index in [4.69, 9.17) is 9.47 Å². The molecule has 3 aliphatic rings. The van der Waals surface area contributed by atoms with Crippen LogP contribution in [0.15, 0.2) is 36.4 Å². The smallest absolute Gasteiger partial charge is 0.347 e. The summed E-state index contributed by atoms with van der Waals surface area (Å²) in [6.07, 6.45) is 0.677. The average Bonchev–Trinajstić information content (AvgIpc) is 3.50. The summed E-state index contributed by atoms with van der Waals surface area (Å²) in [7, 11) is 4.20. The van der Waals surface area contributed by atoms with Crippen LogP contribution in [-0.2, 0) is 19.9 Å². The van der Waals surface area contributed by atoms with Crippen LogP contribution in [0.3, 0.4) is 0 Å². The molecule has 4 atom stereocenters. The van der Waals surface area contributed by atoms with E-state index in [1.807, 2.05) is 0 Å². The molecule has 3 aliphatic heterocycles. The van der Waals surface area contributed by atoms with Crippen molar-refractivity contribution in [2.24, 2.45) is 0 Å². The van der Waals surface area contributed by atoms with Crippen LogP contribution in [0.1, 0.15) is 24.0 Å². The maximum Gasteiger partial charge on any atom is 0.347 e. The van der Waals surface area contributed by atoms with E-state index in [0.29, 0.717) is 25.0 Å². The van der Waals surface area contributed by atoms with Gasteiger partial charge in [-0.2, -0.15) is 0 Å². The zero-order valence-electron chi connectivity index (χ0n) is 17.8. The SMILES string of the molecule is C[N+]1(C)C2CC(OC(=O)C(O)(c3ccc(F)c(F)c3)c3ccc(F)c(F)c3)CC1C1OC12.[Br-]. The molecule has 33 heavy (non-hydrogen) atoms. The number of ether oxygens (including phenoxy) is 2. The van der Waals surface area contributed by atoms with E-state index in [9.17, 15) is 27.5 Å². The van der Waals surface area contributed by atoms with Gasteiger partial charge in [-0.1, -0.05) is 12.1 Å². The number of piperidine rings is 1. The number of carbonyl (C=O) groups excluding carboxylic acids is 1. The van der Waals surface area contributed by atoms with Crippen molar-refractivity contribution < 1.29 is 58.4 Å².